The van der Waals surface area contributed by atoms with Gasteiger partial charge in [-0.1, -0.05) is 0 Å². The Morgan fingerprint density at radius 1 is 1.32 bits per heavy atom. The van der Waals surface area contributed by atoms with E-state index in [9.17, 15) is 4.79 Å². The van der Waals surface area contributed by atoms with Gasteiger partial charge in [-0.15, -0.1) is 0 Å². The molecule has 0 N–H and O–H groups in total. The summed E-state index contributed by atoms with van der Waals surface area (Å²) in [6.45, 7) is 4.20. The lowest BCUT2D eigenvalue weighted by molar-refractivity contribution is 0.0656. The van der Waals surface area contributed by atoms with Gasteiger partial charge in [0.1, 0.15) is 5.75 Å². The van der Waals surface area contributed by atoms with Crippen molar-refractivity contribution in [2.24, 2.45) is 0 Å². The minimum absolute atomic E-state index is 0.0275. The third-order valence-corrected chi connectivity index (χ3v) is 5.24. The van der Waals surface area contributed by atoms with E-state index in [0.29, 0.717) is 18.2 Å². The number of ether oxygens (including phenoxy) is 2. The fourth-order valence-corrected chi connectivity index (χ4v) is 3.79. The van der Waals surface area contributed by atoms with E-state index in [1.54, 1.807) is 13.3 Å². The fraction of sp³-hybridized carbons (Fsp3) is 0.474. The van der Waals surface area contributed by atoms with Gasteiger partial charge >= 0.3 is 0 Å². The predicted molar refractivity (Wildman–Crippen MR) is 94.4 cm³/mol. The van der Waals surface area contributed by atoms with Crippen molar-refractivity contribution in [3.8, 4) is 5.75 Å². The van der Waals surface area contributed by atoms with Crippen LogP contribution in [0.1, 0.15) is 40.5 Å². The fourth-order valence-electron chi connectivity index (χ4n) is 3.79. The molecule has 0 radical (unpaired) electrons. The van der Waals surface area contributed by atoms with Gasteiger partial charge in [0.15, 0.2) is 0 Å². The molecular weight excluding hydrogens is 318 g/mol. The number of hydrogen-bond donors (Lipinski definition) is 0. The van der Waals surface area contributed by atoms with Crippen LogP contribution in [0.15, 0.2) is 24.4 Å². The third-order valence-electron chi connectivity index (χ3n) is 5.24. The molecule has 2 aliphatic rings. The molecule has 4 rings (SSSR count). The highest BCUT2D eigenvalue weighted by Crippen LogP contribution is 2.33. The normalized spacial score (nSPS) is 17.6. The Balaban J connectivity index is 1.60. The topological polar surface area (TPSA) is 56.6 Å². The molecular formula is C19H23N3O3. The van der Waals surface area contributed by atoms with Gasteiger partial charge in [0.05, 0.1) is 24.9 Å². The maximum Gasteiger partial charge on any atom is 0.261 e. The maximum absolute atomic E-state index is 13.1. The van der Waals surface area contributed by atoms with Crippen LogP contribution in [0, 0.1) is 6.92 Å². The molecule has 1 saturated heterocycles. The first-order chi connectivity index (χ1) is 12.2. The van der Waals surface area contributed by atoms with E-state index in [2.05, 4.69) is 5.10 Å². The van der Waals surface area contributed by atoms with Crippen LogP contribution in [0.25, 0.3) is 0 Å². The molecule has 0 aliphatic carbocycles. The van der Waals surface area contributed by atoms with Crippen LogP contribution in [0.4, 0.5) is 5.69 Å². The molecule has 6 heteroatoms. The van der Waals surface area contributed by atoms with Gasteiger partial charge in [-0.3, -0.25) is 9.48 Å². The molecule has 0 atom stereocenters. The molecule has 2 aliphatic heterocycles. The summed E-state index contributed by atoms with van der Waals surface area (Å²) in [6.07, 6.45) is 4.46. The Bertz CT molecular complexity index is 793. The second kappa shape index (κ2) is 6.52. The van der Waals surface area contributed by atoms with Gasteiger partial charge in [-0.25, -0.2) is 0 Å². The zero-order chi connectivity index (χ0) is 17.4. The van der Waals surface area contributed by atoms with Crippen molar-refractivity contribution in [2.75, 3.05) is 31.8 Å². The van der Waals surface area contributed by atoms with Crippen LogP contribution in [-0.4, -0.2) is 42.6 Å². The smallest absolute Gasteiger partial charge is 0.261 e. The van der Waals surface area contributed by atoms with Crippen molar-refractivity contribution in [3.63, 3.8) is 0 Å². The minimum atomic E-state index is 0.0275. The highest BCUT2D eigenvalue weighted by molar-refractivity contribution is 6.07. The number of benzene rings is 1. The van der Waals surface area contributed by atoms with Crippen LogP contribution in [0.2, 0.25) is 0 Å². The summed E-state index contributed by atoms with van der Waals surface area (Å²) in [5, 5.41) is 4.51. The second-order valence-corrected chi connectivity index (χ2v) is 6.63. The lowest BCUT2D eigenvalue weighted by Gasteiger charge is -2.24. The Morgan fingerprint density at radius 2 is 2.12 bits per heavy atom. The molecule has 1 amide bonds. The molecule has 1 aromatic heterocycles. The van der Waals surface area contributed by atoms with E-state index >= 15 is 0 Å². The minimum Gasteiger partial charge on any atom is -0.497 e. The number of methoxy groups -OCH3 is 1. The summed E-state index contributed by atoms with van der Waals surface area (Å²) in [4.78, 5) is 15.0. The van der Waals surface area contributed by atoms with E-state index < -0.39 is 0 Å². The average Bonchev–Trinajstić information content (AvgIpc) is 3.25. The molecule has 0 spiro atoms. The van der Waals surface area contributed by atoms with E-state index in [4.69, 9.17) is 9.47 Å². The first-order valence-electron chi connectivity index (χ1n) is 8.79. The van der Waals surface area contributed by atoms with Gasteiger partial charge < -0.3 is 14.4 Å². The lowest BCUT2D eigenvalue weighted by atomic mass is 10.1. The second-order valence-electron chi connectivity index (χ2n) is 6.63. The highest BCUT2D eigenvalue weighted by Gasteiger charge is 2.29. The zero-order valence-electron chi connectivity index (χ0n) is 14.7. The average molecular weight is 341 g/mol. The van der Waals surface area contributed by atoms with Gasteiger partial charge in [-0.2, -0.15) is 5.10 Å². The third kappa shape index (κ3) is 2.80. The number of hydrogen-bond acceptors (Lipinski definition) is 4. The highest BCUT2D eigenvalue weighted by atomic mass is 16.5. The van der Waals surface area contributed by atoms with E-state index in [1.807, 2.05) is 34.7 Å². The molecule has 1 fully saturated rings. The Kier molecular flexibility index (Phi) is 4.21. The summed E-state index contributed by atoms with van der Waals surface area (Å²) >= 11 is 0. The van der Waals surface area contributed by atoms with Crippen LogP contribution in [-0.2, 0) is 11.2 Å². The number of nitrogens with zero attached hydrogens (tertiary/aromatic N) is 3. The van der Waals surface area contributed by atoms with Crippen molar-refractivity contribution < 1.29 is 14.3 Å². The summed E-state index contributed by atoms with van der Waals surface area (Å²) in [5.41, 5.74) is 3.76. The van der Waals surface area contributed by atoms with Crippen molar-refractivity contribution in [2.45, 2.75) is 32.2 Å². The van der Waals surface area contributed by atoms with Crippen molar-refractivity contribution in [1.82, 2.24) is 9.78 Å². The molecule has 0 unspecified atom stereocenters. The molecule has 3 heterocycles. The molecule has 25 heavy (non-hydrogen) atoms. The molecule has 1 aromatic carbocycles. The van der Waals surface area contributed by atoms with E-state index in [1.165, 1.54) is 0 Å². The monoisotopic (exact) mass is 341 g/mol. The SMILES string of the molecule is COc1ccc2c(c1)CCN2C(=O)c1cnn(C2CCOCC2)c1C. The summed E-state index contributed by atoms with van der Waals surface area (Å²) in [7, 11) is 1.66. The van der Waals surface area contributed by atoms with Gasteiger partial charge in [-0.05, 0) is 49.9 Å². The first kappa shape index (κ1) is 16.1. The van der Waals surface area contributed by atoms with Gasteiger partial charge in [0, 0.05) is 31.1 Å². The number of anilines is 1. The standard InChI is InChI=1S/C19H23N3O3/c1-13-17(12-20-22(13)15-6-9-25-10-7-15)19(23)21-8-5-14-11-16(24-2)3-4-18(14)21/h3-4,11-12,15H,5-10H2,1-2H3. The Morgan fingerprint density at radius 3 is 2.88 bits per heavy atom. The molecule has 6 nitrogen and oxygen atoms in total. The quantitative estimate of drug-likeness (QED) is 0.861. The zero-order valence-corrected chi connectivity index (χ0v) is 14.7. The van der Waals surface area contributed by atoms with Crippen molar-refractivity contribution in [3.05, 3.63) is 41.2 Å². The van der Waals surface area contributed by atoms with Crippen LogP contribution < -0.4 is 9.64 Å². The van der Waals surface area contributed by atoms with Crippen molar-refractivity contribution >= 4 is 11.6 Å². The molecule has 2 aromatic rings. The first-order valence-corrected chi connectivity index (χ1v) is 8.79. The van der Waals surface area contributed by atoms with Gasteiger partial charge in [0.2, 0.25) is 0 Å². The largest absolute Gasteiger partial charge is 0.497 e. The summed E-state index contributed by atoms with van der Waals surface area (Å²) < 4.78 is 12.7. The summed E-state index contributed by atoms with van der Waals surface area (Å²) in [6, 6.07) is 6.21. The van der Waals surface area contributed by atoms with Crippen LogP contribution in [0.3, 0.4) is 0 Å². The number of fused-ring (bicyclic) bond motifs is 1. The summed E-state index contributed by atoms with van der Waals surface area (Å²) in [5.74, 6) is 0.858. The number of amides is 1. The van der Waals surface area contributed by atoms with Crippen LogP contribution >= 0.6 is 0 Å². The Labute approximate surface area is 147 Å². The molecule has 0 bridgehead atoms. The number of carbonyl (C=O) groups is 1. The number of carbonyl (C=O) groups excluding carboxylic acids is 1. The lowest BCUT2D eigenvalue weighted by Crippen LogP contribution is -2.29. The maximum atomic E-state index is 13.1. The molecule has 0 saturated carbocycles. The number of aromatic nitrogens is 2. The molecule has 132 valence electrons. The van der Waals surface area contributed by atoms with Crippen molar-refractivity contribution in [1.29, 1.82) is 0 Å². The Hall–Kier alpha value is -2.34. The van der Waals surface area contributed by atoms with Gasteiger partial charge in [0.25, 0.3) is 5.91 Å². The number of rotatable bonds is 3. The van der Waals surface area contributed by atoms with E-state index in [-0.39, 0.29) is 5.91 Å². The van der Waals surface area contributed by atoms with Crippen LogP contribution in [0.5, 0.6) is 5.75 Å². The predicted octanol–water partition coefficient (Wildman–Crippen LogP) is 2.75. The van der Waals surface area contributed by atoms with E-state index in [0.717, 1.165) is 55.2 Å².